The number of carbonyl (C=O) groups is 1. The number of nitrogens with zero attached hydrogens (tertiary/aromatic N) is 1. The van der Waals surface area contributed by atoms with Crippen molar-refractivity contribution in [3.63, 3.8) is 0 Å². The van der Waals surface area contributed by atoms with Crippen LogP contribution in [0, 0.1) is 6.92 Å². The molecule has 3 aromatic rings. The van der Waals surface area contributed by atoms with E-state index in [1.165, 1.54) is 15.0 Å². The van der Waals surface area contributed by atoms with Crippen molar-refractivity contribution in [3.05, 3.63) is 64.6 Å². The van der Waals surface area contributed by atoms with Crippen LogP contribution < -0.4 is 11.1 Å². The molecule has 0 aliphatic carbocycles. The van der Waals surface area contributed by atoms with Gasteiger partial charge in [0.15, 0.2) is 5.58 Å². The Bertz CT molecular complexity index is 897. The molecule has 6 heteroatoms. The second-order valence-corrected chi connectivity index (χ2v) is 6.60. The van der Waals surface area contributed by atoms with Gasteiger partial charge >= 0.3 is 5.76 Å². The zero-order chi connectivity index (χ0) is 16.9. The second kappa shape index (κ2) is 7.40. The van der Waals surface area contributed by atoms with Crippen LogP contribution in [0.1, 0.15) is 5.56 Å². The lowest BCUT2D eigenvalue weighted by Crippen LogP contribution is -2.32. The van der Waals surface area contributed by atoms with E-state index >= 15 is 0 Å². The van der Waals surface area contributed by atoms with Crippen LogP contribution in [0.3, 0.4) is 0 Å². The van der Waals surface area contributed by atoms with E-state index in [1.54, 1.807) is 30.0 Å². The molecule has 3 rings (SSSR count). The molecule has 5 nitrogen and oxygen atoms in total. The monoisotopic (exact) mass is 342 g/mol. The summed E-state index contributed by atoms with van der Waals surface area (Å²) in [5.41, 5.74) is 2.35. The number of hydrogen-bond acceptors (Lipinski definition) is 4. The summed E-state index contributed by atoms with van der Waals surface area (Å²) in [6.07, 6.45) is 0. The summed E-state index contributed by atoms with van der Waals surface area (Å²) in [4.78, 5) is 25.0. The number of oxazole rings is 1. The lowest BCUT2D eigenvalue weighted by Gasteiger charge is -2.06. The molecule has 0 atom stereocenters. The highest BCUT2D eigenvalue weighted by molar-refractivity contribution is 7.99. The summed E-state index contributed by atoms with van der Waals surface area (Å²) in [5, 5.41) is 2.83. The maximum atomic E-state index is 12.0. The SMILES string of the molecule is Cc1ccc(SCCNC(=O)Cn2c(=O)oc3ccccc32)cc1. The van der Waals surface area contributed by atoms with Crippen molar-refractivity contribution in [1.82, 2.24) is 9.88 Å². The van der Waals surface area contributed by atoms with Crippen LogP contribution in [0.5, 0.6) is 0 Å². The van der Waals surface area contributed by atoms with Gasteiger partial charge in [-0.1, -0.05) is 29.8 Å². The van der Waals surface area contributed by atoms with Crippen molar-refractivity contribution in [3.8, 4) is 0 Å². The third-order valence-corrected chi connectivity index (χ3v) is 4.60. The molecule has 0 saturated carbocycles. The Kier molecular flexibility index (Phi) is 5.05. The summed E-state index contributed by atoms with van der Waals surface area (Å²) in [6.45, 7) is 2.56. The van der Waals surface area contributed by atoms with E-state index in [2.05, 4.69) is 36.5 Å². The number of carbonyl (C=O) groups excluding carboxylic acids is 1. The average Bonchev–Trinajstić information content (AvgIpc) is 2.89. The van der Waals surface area contributed by atoms with Crippen molar-refractivity contribution in [2.45, 2.75) is 18.4 Å². The first kappa shape index (κ1) is 16.4. The Hall–Kier alpha value is -2.47. The second-order valence-electron chi connectivity index (χ2n) is 5.43. The molecular formula is C18H18N2O3S. The fourth-order valence-corrected chi connectivity index (χ4v) is 3.13. The van der Waals surface area contributed by atoms with Crippen molar-refractivity contribution in [1.29, 1.82) is 0 Å². The van der Waals surface area contributed by atoms with Crippen LogP contribution in [0.15, 0.2) is 62.6 Å². The van der Waals surface area contributed by atoms with Gasteiger partial charge in [-0.05, 0) is 31.2 Å². The molecule has 0 aliphatic heterocycles. The van der Waals surface area contributed by atoms with E-state index in [1.807, 2.05) is 6.07 Å². The zero-order valence-corrected chi connectivity index (χ0v) is 14.1. The van der Waals surface area contributed by atoms with E-state index in [-0.39, 0.29) is 12.5 Å². The number of para-hydroxylation sites is 2. The fraction of sp³-hybridized carbons (Fsp3) is 0.222. The number of hydrogen-bond donors (Lipinski definition) is 1. The highest BCUT2D eigenvalue weighted by Crippen LogP contribution is 2.17. The Morgan fingerprint density at radius 3 is 2.71 bits per heavy atom. The molecular weight excluding hydrogens is 324 g/mol. The molecule has 24 heavy (non-hydrogen) atoms. The molecule has 1 N–H and O–H groups in total. The van der Waals surface area contributed by atoms with Crippen LogP contribution in [-0.2, 0) is 11.3 Å². The van der Waals surface area contributed by atoms with Gasteiger partial charge in [0.05, 0.1) is 5.52 Å². The molecule has 1 aromatic heterocycles. The van der Waals surface area contributed by atoms with E-state index in [0.29, 0.717) is 17.6 Å². The van der Waals surface area contributed by atoms with E-state index in [4.69, 9.17) is 4.42 Å². The Labute approximate surface area is 143 Å². The number of amides is 1. The molecule has 0 saturated heterocycles. The summed E-state index contributed by atoms with van der Waals surface area (Å²) >= 11 is 1.68. The smallest absolute Gasteiger partial charge is 0.408 e. The molecule has 0 unspecified atom stereocenters. The van der Waals surface area contributed by atoms with Gasteiger partial charge in [-0.2, -0.15) is 0 Å². The number of nitrogens with one attached hydrogen (secondary N) is 1. The lowest BCUT2D eigenvalue weighted by atomic mass is 10.2. The summed E-state index contributed by atoms with van der Waals surface area (Å²) in [6, 6.07) is 15.3. The summed E-state index contributed by atoms with van der Waals surface area (Å²) in [7, 11) is 0. The molecule has 0 radical (unpaired) electrons. The number of benzene rings is 2. The topological polar surface area (TPSA) is 64.2 Å². The summed E-state index contributed by atoms with van der Waals surface area (Å²) < 4.78 is 6.46. The van der Waals surface area contributed by atoms with Gasteiger partial charge in [-0.3, -0.25) is 9.36 Å². The number of rotatable bonds is 6. The van der Waals surface area contributed by atoms with E-state index < -0.39 is 5.76 Å². The molecule has 1 amide bonds. The van der Waals surface area contributed by atoms with Gasteiger partial charge in [0.25, 0.3) is 0 Å². The Morgan fingerprint density at radius 1 is 1.17 bits per heavy atom. The predicted molar refractivity (Wildman–Crippen MR) is 95.4 cm³/mol. The number of aryl methyl sites for hydroxylation is 1. The standard InChI is InChI=1S/C18H18N2O3S/c1-13-6-8-14(9-7-13)24-11-10-19-17(21)12-20-15-4-2-3-5-16(15)23-18(20)22/h2-9H,10-12H2,1H3,(H,19,21). The van der Waals surface area contributed by atoms with Crippen LogP contribution in [0.2, 0.25) is 0 Å². The average molecular weight is 342 g/mol. The first-order chi connectivity index (χ1) is 11.6. The van der Waals surface area contributed by atoms with Gasteiger partial charge < -0.3 is 9.73 Å². The van der Waals surface area contributed by atoms with Crippen molar-refractivity contribution in [2.24, 2.45) is 0 Å². The lowest BCUT2D eigenvalue weighted by molar-refractivity contribution is -0.121. The van der Waals surface area contributed by atoms with Gasteiger partial charge in [0.2, 0.25) is 5.91 Å². The molecule has 124 valence electrons. The van der Waals surface area contributed by atoms with Crippen LogP contribution >= 0.6 is 11.8 Å². The van der Waals surface area contributed by atoms with Gasteiger partial charge in [-0.25, -0.2) is 4.79 Å². The number of thioether (sulfide) groups is 1. The number of fused-ring (bicyclic) bond motifs is 1. The van der Waals surface area contributed by atoms with Crippen molar-refractivity contribution >= 4 is 28.8 Å². The maximum absolute atomic E-state index is 12.0. The molecule has 2 aromatic carbocycles. The minimum Gasteiger partial charge on any atom is -0.408 e. The molecule has 0 spiro atoms. The third kappa shape index (κ3) is 3.89. The Morgan fingerprint density at radius 2 is 1.92 bits per heavy atom. The van der Waals surface area contributed by atoms with E-state index in [0.717, 1.165) is 5.75 Å². The van der Waals surface area contributed by atoms with Crippen molar-refractivity contribution in [2.75, 3.05) is 12.3 Å². The Balaban J connectivity index is 1.51. The number of aromatic nitrogens is 1. The van der Waals surface area contributed by atoms with Crippen molar-refractivity contribution < 1.29 is 9.21 Å². The zero-order valence-electron chi connectivity index (χ0n) is 13.3. The predicted octanol–water partition coefficient (Wildman–Crippen LogP) is 2.81. The van der Waals surface area contributed by atoms with Crippen LogP contribution in [-0.4, -0.2) is 22.8 Å². The maximum Gasteiger partial charge on any atom is 0.420 e. The highest BCUT2D eigenvalue weighted by Gasteiger charge is 2.11. The minimum absolute atomic E-state index is 0.0367. The van der Waals surface area contributed by atoms with Gasteiger partial charge in [0, 0.05) is 17.2 Å². The molecule has 0 bridgehead atoms. The molecule has 1 heterocycles. The molecule has 0 aliphatic rings. The normalized spacial score (nSPS) is 10.9. The quantitative estimate of drug-likeness (QED) is 0.553. The van der Waals surface area contributed by atoms with E-state index in [9.17, 15) is 9.59 Å². The third-order valence-electron chi connectivity index (χ3n) is 3.59. The highest BCUT2D eigenvalue weighted by atomic mass is 32.2. The largest absolute Gasteiger partial charge is 0.420 e. The first-order valence-electron chi connectivity index (χ1n) is 7.68. The fourth-order valence-electron chi connectivity index (χ4n) is 2.36. The van der Waals surface area contributed by atoms with Crippen LogP contribution in [0.4, 0.5) is 0 Å². The minimum atomic E-state index is -0.514. The van der Waals surface area contributed by atoms with Gasteiger partial charge in [-0.15, -0.1) is 11.8 Å². The van der Waals surface area contributed by atoms with Gasteiger partial charge in [0.1, 0.15) is 6.54 Å². The summed E-state index contributed by atoms with van der Waals surface area (Å²) in [5.74, 6) is 0.0593. The van der Waals surface area contributed by atoms with Crippen LogP contribution in [0.25, 0.3) is 11.1 Å². The first-order valence-corrected chi connectivity index (χ1v) is 8.66. The molecule has 0 fully saturated rings.